The third kappa shape index (κ3) is 1.87. The Labute approximate surface area is 176 Å². The van der Waals surface area contributed by atoms with Crippen molar-refractivity contribution in [3.05, 3.63) is 29.3 Å². The Hall–Kier alpha value is -2.05. The molecule has 6 heteroatoms. The molecule has 30 heavy (non-hydrogen) atoms. The Morgan fingerprint density at radius 2 is 2.00 bits per heavy atom. The van der Waals surface area contributed by atoms with E-state index in [0.717, 1.165) is 37.4 Å². The van der Waals surface area contributed by atoms with E-state index in [0.29, 0.717) is 36.7 Å². The quantitative estimate of drug-likeness (QED) is 0.704. The normalized spacial score (nSPS) is 40.5. The number of nitrogens with zero attached hydrogens (tertiary/aromatic N) is 2. The summed E-state index contributed by atoms with van der Waals surface area (Å²) in [6, 6.07) is 4.87. The van der Waals surface area contributed by atoms with Crippen LogP contribution in [0.5, 0.6) is 11.5 Å². The summed E-state index contributed by atoms with van der Waals surface area (Å²) in [5, 5.41) is 0. The molecule has 0 radical (unpaired) electrons. The van der Waals surface area contributed by atoms with Crippen molar-refractivity contribution in [2.45, 2.75) is 49.3 Å². The van der Waals surface area contributed by atoms with Crippen LogP contribution in [0, 0.1) is 11.8 Å². The van der Waals surface area contributed by atoms with E-state index in [2.05, 4.69) is 21.9 Å². The van der Waals surface area contributed by atoms with E-state index in [1.165, 1.54) is 12.0 Å². The van der Waals surface area contributed by atoms with Crippen LogP contribution in [-0.4, -0.2) is 62.9 Å². The molecule has 1 amide bonds. The van der Waals surface area contributed by atoms with E-state index in [9.17, 15) is 4.79 Å². The second-order valence-corrected chi connectivity index (χ2v) is 9.80. The lowest BCUT2D eigenvalue weighted by atomic mass is 9.55. The topological polar surface area (TPSA) is 51.2 Å². The Morgan fingerprint density at radius 1 is 1.17 bits per heavy atom. The van der Waals surface area contributed by atoms with Gasteiger partial charge in [0, 0.05) is 30.0 Å². The van der Waals surface area contributed by atoms with Gasteiger partial charge in [-0.05, 0) is 43.4 Å². The summed E-state index contributed by atoms with van der Waals surface area (Å²) in [7, 11) is 3.37. The zero-order valence-electron chi connectivity index (χ0n) is 17.6. The Morgan fingerprint density at radius 3 is 2.83 bits per heavy atom. The number of rotatable bonds is 2. The highest BCUT2D eigenvalue weighted by Gasteiger charge is 2.70. The van der Waals surface area contributed by atoms with Gasteiger partial charge in [0.05, 0.1) is 45.1 Å². The minimum absolute atomic E-state index is 0.0283. The van der Waals surface area contributed by atoms with Crippen LogP contribution < -0.4 is 14.4 Å². The van der Waals surface area contributed by atoms with Crippen molar-refractivity contribution < 1.29 is 19.0 Å². The molecule has 1 saturated carbocycles. The molecule has 5 heterocycles. The van der Waals surface area contributed by atoms with Gasteiger partial charge in [0.15, 0.2) is 11.5 Å². The molecule has 6 atom stereocenters. The van der Waals surface area contributed by atoms with E-state index < -0.39 is 0 Å². The molecule has 6 nitrogen and oxygen atoms in total. The molecule has 1 aromatic carbocycles. The third-order valence-corrected chi connectivity index (χ3v) is 9.12. The monoisotopic (exact) mass is 408 g/mol. The zero-order chi connectivity index (χ0) is 20.2. The van der Waals surface area contributed by atoms with Crippen LogP contribution in [0.4, 0.5) is 5.69 Å². The van der Waals surface area contributed by atoms with Gasteiger partial charge >= 0.3 is 0 Å². The van der Waals surface area contributed by atoms with Crippen molar-refractivity contribution >= 4 is 11.6 Å². The lowest BCUT2D eigenvalue weighted by Crippen LogP contribution is -2.67. The van der Waals surface area contributed by atoms with Crippen molar-refractivity contribution in [2.75, 3.05) is 38.8 Å². The smallest absolute Gasteiger partial charge is 0.229 e. The molecular weight excluding hydrogens is 380 g/mol. The molecule has 158 valence electrons. The number of anilines is 1. The van der Waals surface area contributed by atoms with Crippen molar-refractivity contribution in [1.29, 1.82) is 0 Å². The first-order valence-corrected chi connectivity index (χ1v) is 11.3. The number of amides is 1. The van der Waals surface area contributed by atoms with Gasteiger partial charge in [0.25, 0.3) is 0 Å². The summed E-state index contributed by atoms with van der Waals surface area (Å²) in [6.45, 7) is 2.88. The standard InChI is InChI=1S/C24H28N2O4/c1-28-17-10-15-16(11-18(17)29-2)26-21(27)12-19-22-14-9-20-24(15,23(22)26)5-7-25(20)6-3-13(14)4-8-30-19/h4,10-11,14,19-20,22-23H,3,5-9,12H2,1-2H3/t14-,19?,20-,22-,23?,24+/m0/s1. The predicted octanol–water partition coefficient (Wildman–Crippen LogP) is 2.50. The molecule has 6 aliphatic rings. The third-order valence-electron chi connectivity index (χ3n) is 9.12. The highest BCUT2D eigenvalue weighted by Crippen LogP contribution is 2.66. The average molecular weight is 408 g/mol. The van der Waals surface area contributed by atoms with Crippen molar-refractivity contribution in [3.8, 4) is 11.5 Å². The molecule has 1 aromatic rings. The number of ether oxygens (including phenoxy) is 3. The lowest BCUT2D eigenvalue weighted by Gasteiger charge is -2.55. The first-order chi connectivity index (χ1) is 14.7. The highest BCUT2D eigenvalue weighted by atomic mass is 16.5. The number of hydrogen-bond acceptors (Lipinski definition) is 5. The van der Waals surface area contributed by atoms with Gasteiger partial charge in [-0.2, -0.15) is 0 Å². The van der Waals surface area contributed by atoms with Crippen LogP contribution in [0.3, 0.4) is 0 Å². The highest BCUT2D eigenvalue weighted by molar-refractivity contribution is 5.99. The number of methoxy groups -OCH3 is 2. The van der Waals surface area contributed by atoms with Gasteiger partial charge in [0.1, 0.15) is 0 Å². The van der Waals surface area contributed by atoms with Crippen molar-refractivity contribution in [2.24, 2.45) is 11.8 Å². The molecule has 1 aliphatic carbocycles. The van der Waals surface area contributed by atoms with Gasteiger partial charge in [-0.25, -0.2) is 0 Å². The summed E-state index contributed by atoms with van der Waals surface area (Å²) < 4.78 is 17.7. The molecule has 5 aliphatic heterocycles. The zero-order valence-corrected chi connectivity index (χ0v) is 17.6. The molecule has 7 rings (SSSR count). The SMILES string of the molecule is COc1cc2c(cc1OC)[C@@]13CCN4CCC5=CCOC6CC(=O)N2C1[C@H]6[C@H]5C[C@H]43. The Bertz CT molecular complexity index is 990. The maximum Gasteiger partial charge on any atom is 0.229 e. The van der Waals surface area contributed by atoms with Crippen LogP contribution >= 0.6 is 0 Å². The lowest BCUT2D eigenvalue weighted by molar-refractivity contribution is -0.131. The van der Waals surface area contributed by atoms with Crippen molar-refractivity contribution in [3.63, 3.8) is 0 Å². The maximum absolute atomic E-state index is 13.5. The number of hydrogen-bond donors (Lipinski definition) is 0. The largest absolute Gasteiger partial charge is 0.493 e. The second-order valence-electron chi connectivity index (χ2n) is 9.80. The van der Waals surface area contributed by atoms with Crippen LogP contribution in [0.2, 0.25) is 0 Å². The van der Waals surface area contributed by atoms with E-state index in [1.807, 2.05) is 6.07 Å². The van der Waals surface area contributed by atoms with Gasteiger partial charge < -0.3 is 19.1 Å². The Kier molecular flexibility index (Phi) is 3.40. The van der Waals surface area contributed by atoms with Crippen LogP contribution in [-0.2, 0) is 14.9 Å². The molecule has 0 N–H and O–H groups in total. The minimum Gasteiger partial charge on any atom is -0.493 e. The van der Waals surface area contributed by atoms with Crippen molar-refractivity contribution in [1.82, 2.24) is 4.90 Å². The summed E-state index contributed by atoms with van der Waals surface area (Å²) in [5.41, 5.74) is 3.88. The second kappa shape index (κ2) is 5.80. The molecule has 0 aromatic heterocycles. The number of fused-ring (bicyclic) bond motifs is 2. The fourth-order valence-corrected chi connectivity index (χ4v) is 8.09. The molecule has 2 unspecified atom stereocenters. The summed E-state index contributed by atoms with van der Waals surface area (Å²) in [6.07, 6.45) is 6.27. The minimum atomic E-state index is -0.0342. The first kappa shape index (κ1) is 17.6. The molecule has 4 fully saturated rings. The van der Waals surface area contributed by atoms with Gasteiger partial charge in [-0.1, -0.05) is 11.6 Å². The number of piperidine rings is 1. The maximum atomic E-state index is 13.5. The molecule has 3 saturated heterocycles. The number of carbonyl (C=O) groups excluding carboxylic acids is 1. The first-order valence-electron chi connectivity index (χ1n) is 11.3. The van der Waals surface area contributed by atoms with Crippen LogP contribution in [0.25, 0.3) is 0 Å². The molecule has 1 spiro atoms. The summed E-state index contributed by atoms with van der Waals surface area (Å²) in [4.78, 5) is 18.4. The average Bonchev–Trinajstić information content (AvgIpc) is 3.14. The summed E-state index contributed by atoms with van der Waals surface area (Å²) in [5.74, 6) is 2.56. The van der Waals surface area contributed by atoms with E-state index in [-0.39, 0.29) is 23.5 Å². The molecular formula is C24H28N2O4. The van der Waals surface area contributed by atoms with E-state index in [4.69, 9.17) is 14.2 Å². The van der Waals surface area contributed by atoms with Crippen LogP contribution in [0.15, 0.2) is 23.8 Å². The fourth-order valence-electron chi connectivity index (χ4n) is 8.09. The Balaban J connectivity index is 1.52. The van der Waals surface area contributed by atoms with E-state index >= 15 is 0 Å². The van der Waals surface area contributed by atoms with Gasteiger partial charge in [0.2, 0.25) is 5.91 Å². The van der Waals surface area contributed by atoms with Gasteiger partial charge in [-0.15, -0.1) is 0 Å². The molecule has 2 bridgehead atoms. The number of carbonyl (C=O) groups is 1. The fraction of sp³-hybridized carbons (Fsp3) is 0.625. The predicted molar refractivity (Wildman–Crippen MR) is 111 cm³/mol. The van der Waals surface area contributed by atoms with Crippen LogP contribution in [0.1, 0.15) is 31.2 Å². The van der Waals surface area contributed by atoms with E-state index in [1.54, 1.807) is 19.8 Å². The summed E-state index contributed by atoms with van der Waals surface area (Å²) >= 11 is 0. The number of benzene rings is 1. The van der Waals surface area contributed by atoms with Gasteiger partial charge in [-0.3, -0.25) is 9.69 Å².